The van der Waals surface area contributed by atoms with Gasteiger partial charge < -0.3 is 15.6 Å². The molecule has 4 heteroatoms. The molecule has 0 radical (unpaired) electrons. The molecule has 0 spiro atoms. The van der Waals surface area contributed by atoms with Crippen LogP contribution < -0.4 is 5.73 Å². The number of nitrogens with zero attached hydrogens (tertiary/aromatic N) is 1. The van der Waals surface area contributed by atoms with Gasteiger partial charge in [-0.15, -0.1) is 0 Å². The van der Waals surface area contributed by atoms with E-state index < -0.39 is 0 Å². The van der Waals surface area contributed by atoms with Gasteiger partial charge in [-0.25, -0.2) is 0 Å². The van der Waals surface area contributed by atoms with Crippen LogP contribution in [0, 0.1) is 0 Å². The molecule has 3 N–H and O–H groups in total. The SMILES string of the molecule is CC(N)C(CO)N1CCOC2CCCC21. The predicted octanol–water partition coefficient (Wildman–Crippen LogP) is -0.0522. The van der Waals surface area contributed by atoms with Crippen LogP contribution in [-0.4, -0.2) is 54.0 Å². The molecule has 2 aliphatic rings. The molecule has 1 aliphatic heterocycles. The lowest BCUT2D eigenvalue weighted by atomic mass is 10.0. The Morgan fingerprint density at radius 1 is 1.53 bits per heavy atom. The Bertz CT molecular complexity index is 209. The second kappa shape index (κ2) is 4.78. The minimum Gasteiger partial charge on any atom is -0.395 e. The fourth-order valence-electron chi connectivity index (χ4n) is 2.94. The normalized spacial score (nSPS) is 36.2. The Hall–Kier alpha value is -0.160. The van der Waals surface area contributed by atoms with Crippen molar-refractivity contribution < 1.29 is 9.84 Å². The summed E-state index contributed by atoms with van der Waals surface area (Å²) in [7, 11) is 0. The van der Waals surface area contributed by atoms with Gasteiger partial charge in [-0.3, -0.25) is 4.90 Å². The summed E-state index contributed by atoms with van der Waals surface area (Å²) in [5.74, 6) is 0. The summed E-state index contributed by atoms with van der Waals surface area (Å²) < 4.78 is 5.74. The topological polar surface area (TPSA) is 58.7 Å². The highest BCUT2D eigenvalue weighted by molar-refractivity contribution is 4.94. The van der Waals surface area contributed by atoms with E-state index in [9.17, 15) is 5.11 Å². The van der Waals surface area contributed by atoms with E-state index in [4.69, 9.17) is 10.5 Å². The maximum atomic E-state index is 9.41. The number of aliphatic hydroxyl groups excluding tert-OH is 1. The second-order valence-corrected chi connectivity index (χ2v) is 4.75. The van der Waals surface area contributed by atoms with Gasteiger partial charge in [0.1, 0.15) is 0 Å². The van der Waals surface area contributed by atoms with Gasteiger partial charge in [0.05, 0.1) is 19.3 Å². The highest BCUT2D eigenvalue weighted by atomic mass is 16.5. The minimum atomic E-state index is 0.0225. The van der Waals surface area contributed by atoms with Crippen LogP contribution in [0.2, 0.25) is 0 Å². The van der Waals surface area contributed by atoms with Gasteiger partial charge >= 0.3 is 0 Å². The average Bonchev–Trinajstić information content (AvgIpc) is 2.66. The molecule has 0 bridgehead atoms. The van der Waals surface area contributed by atoms with E-state index in [1.54, 1.807) is 0 Å². The van der Waals surface area contributed by atoms with Crippen molar-refractivity contribution in [2.24, 2.45) is 5.73 Å². The van der Waals surface area contributed by atoms with E-state index in [1.807, 2.05) is 6.92 Å². The number of morpholine rings is 1. The number of hydrogen-bond acceptors (Lipinski definition) is 4. The number of hydrogen-bond donors (Lipinski definition) is 2. The van der Waals surface area contributed by atoms with Crippen LogP contribution in [0.1, 0.15) is 26.2 Å². The first-order chi connectivity index (χ1) is 7.24. The van der Waals surface area contributed by atoms with Crippen LogP contribution in [0.4, 0.5) is 0 Å². The summed E-state index contributed by atoms with van der Waals surface area (Å²) in [4.78, 5) is 2.37. The Balaban J connectivity index is 2.05. The molecule has 1 heterocycles. The Morgan fingerprint density at radius 3 is 3.00 bits per heavy atom. The zero-order valence-electron chi connectivity index (χ0n) is 9.43. The zero-order chi connectivity index (χ0) is 10.8. The maximum Gasteiger partial charge on any atom is 0.0731 e. The first-order valence-corrected chi connectivity index (χ1v) is 5.98. The highest BCUT2D eigenvalue weighted by Gasteiger charge is 2.39. The predicted molar refractivity (Wildman–Crippen MR) is 58.6 cm³/mol. The van der Waals surface area contributed by atoms with Crippen molar-refractivity contribution in [2.75, 3.05) is 19.8 Å². The van der Waals surface area contributed by atoms with E-state index >= 15 is 0 Å². The lowest BCUT2D eigenvalue weighted by Gasteiger charge is -2.43. The summed E-state index contributed by atoms with van der Waals surface area (Å²) in [6.45, 7) is 3.82. The van der Waals surface area contributed by atoms with Gasteiger partial charge in [0.25, 0.3) is 0 Å². The van der Waals surface area contributed by atoms with Crippen molar-refractivity contribution in [3.8, 4) is 0 Å². The smallest absolute Gasteiger partial charge is 0.0731 e. The third-order valence-corrected chi connectivity index (χ3v) is 3.75. The second-order valence-electron chi connectivity index (χ2n) is 4.75. The summed E-state index contributed by atoms with van der Waals surface area (Å²) in [6, 6.07) is 0.607. The maximum absolute atomic E-state index is 9.41. The Morgan fingerprint density at radius 2 is 2.33 bits per heavy atom. The fraction of sp³-hybridized carbons (Fsp3) is 1.00. The summed E-state index contributed by atoms with van der Waals surface area (Å²) >= 11 is 0. The third-order valence-electron chi connectivity index (χ3n) is 3.75. The van der Waals surface area contributed by atoms with Crippen LogP contribution in [0.5, 0.6) is 0 Å². The van der Waals surface area contributed by atoms with Crippen LogP contribution in [-0.2, 0) is 4.74 Å². The van der Waals surface area contributed by atoms with Crippen molar-refractivity contribution in [3.05, 3.63) is 0 Å². The molecule has 1 saturated carbocycles. The van der Waals surface area contributed by atoms with Crippen molar-refractivity contribution >= 4 is 0 Å². The molecule has 4 unspecified atom stereocenters. The number of fused-ring (bicyclic) bond motifs is 1. The monoisotopic (exact) mass is 214 g/mol. The first-order valence-electron chi connectivity index (χ1n) is 5.98. The molecule has 2 fully saturated rings. The molecule has 0 amide bonds. The van der Waals surface area contributed by atoms with Gasteiger partial charge in [-0.2, -0.15) is 0 Å². The Labute approximate surface area is 91.4 Å². The van der Waals surface area contributed by atoms with E-state index in [2.05, 4.69) is 4.90 Å². The van der Waals surface area contributed by atoms with Gasteiger partial charge in [0, 0.05) is 24.7 Å². The molecule has 0 aromatic carbocycles. The number of rotatable bonds is 3. The van der Waals surface area contributed by atoms with Gasteiger partial charge in [0.2, 0.25) is 0 Å². The molecule has 4 nitrogen and oxygen atoms in total. The largest absolute Gasteiger partial charge is 0.395 e. The number of ether oxygens (including phenoxy) is 1. The first kappa shape index (κ1) is 11.3. The highest BCUT2D eigenvalue weighted by Crippen LogP contribution is 2.31. The molecule has 0 aromatic heterocycles. The van der Waals surface area contributed by atoms with E-state index in [0.29, 0.717) is 12.1 Å². The van der Waals surface area contributed by atoms with Crippen molar-refractivity contribution in [1.29, 1.82) is 0 Å². The van der Waals surface area contributed by atoms with E-state index in [-0.39, 0.29) is 18.7 Å². The van der Waals surface area contributed by atoms with Crippen LogP contribution >= 0.6 is 0 Å². The van der Waals surface area contributed by atoms with Crippen molar-refractivity contribution in [3.63, 3.8) is 0 Å². The molecule has 88 valence electrons. The molecule has 15 heavy (non-hydrogen) atoms. The van der Waals surface area contributed by atoms with E-state index in [1.165, 1.54) is 12.8 Å². The van der Waals surface area contributed by atoms with Gasteiger partial charge in [-0.1, -0.05) is 0 Å². The van der Waals surface area contributed by atoms with Crippen LogP contribution in [0.15, 0.2) is 0 Å². The van der Waals surface area contributed by atoms with Crippen molar-refractivity contribution in [1.82, 2.24) is 4.90 Å². The quantitative estimate of drug-likeness (QED) is 0.691. The number of aliphatic hydroxyl groups is 1. The molecule has 4 atom stereocenters. The minimum absolute atomic E-state index is 0.0225. The zero-order valence-corrected chi connectivity index (χ0v) is 9.43. The fourth-order valence-corrected chi connectivity index (χ4v) is 2.94. The lowest BCUT2D eigenvalue weighted by Crippen LogP contribution is -2.58. The summed E-state index contributed by atoms with van der Waals surface area (Å²) in [5, 5.41) is 9.41. The third kappa shape index (κ3) is 2.18. The van der Waals surface area contributed by atoms with Gasteiger partial charge in [-0.05, 0) is 26.2 Å². The molecule has 0 aromatic rings. The molecular weight excluding hydrogens is 192 g/mol. The number of nitrogens with two attached hydrogens (primary N) is 1. The lowest BCUT2D eigenvalue weighted by molar-refractivity contribution is -0.0816. The van der Waals surface area contributed by atoms with Crippen LogP contribution in [0.25, 0.3) is 0 Å². The van der Waals surface area contributed by atoms with Gasteiger partial charge in [0.15, 0.2) is 0 Å². The Kier molecular flexibility index (Phi) is 3.61. The molecular formula is C11H22N2O2. The average molecular weight is 214 g/mol. The molecule has 1 aliphatic carbocycles. The molecule has 1 saturated heterocycles. The summed E-state index contributed by atoms with van der Waals surface area (Å²) in [5.41, 5.74) is 5.92. The van der Waals surface area contributed by atoms with Crippen molar-refractivity contribution in [2.45, 2.75) is 50.4 Å². The standard InChI is InChI=1S/C11H22N2O2/c1-8(12)10(7-14)13-5-6-15-11-4-2-3-9(11)13/h8-11,14H,2-7,12H2,1H3. The van der Waals surface area contributed by atoms with Crippen LogP contribution in [0.3, 0.4) is 0 Å². The summed E-state index contributed by atoms with van der Waals surface area (Å²) in [6.07, 6.45) is 3.97. The van der Waals surface area contributed by atoms with E-state index in [0.717, 1.165) is 19.6 Å². The molecule has 2 rings (SSSR count).